The molecule has 1 amide bonds. The van der Waals surface area contributed by atoms with Crippen molar-refractivity contribution in [2.24, 2.45) is 0 Å². The Hall–Kier alpha value is -2.75. The molecule has 0 aliphatic heterocycles. The van der Waals surface area contributed by atoms with Gasteiger partial charge in [0.1, 0.15) is 5.75 Å². The third-order valence-corrected chi connectivity index (χ3v) is 5.39. The zero-order valence-corrected chi connectivity index (χ0v) is 18.5. The molecule has 160 valence electrons. The van der Waals surface area contributed by atoms with Crippen molar-refractivity contribution >= 4 is 50.7 Å². The number of halogens is 1. The van der Waals surface area contributed by atoms with Gasteiger partial charge >= 0.3 is 0 Å². The van der Waals surface area contributed by atoms with E-state index in [0.717, 1.165) is 28.9 Å². The molecule has 3 aromatic rings. The number of nitro groups is 1. The van der Waals surface area contributed by atoms with E-state index in [4.69, 9.17) is 4.74 Å². The number of anilines is 1. The first-order valence-corrected chi connectivity index (χ1v) is 9.86. The van der Waals surface area contributed by atoms with Crippen molar-refractivity contribution in [3.8, 4) is 5.75 Å². The molecular formula is C20H23ClN4O4S. The first-order valence-electron chi connectivity index (χ1n) is 9.04. The number of methoxy groups -OCH3 is 1. The van der Waals surface area contributed by atoms with Crippen LogP contribution in [0.4, 0.5) is 10.8 Å². The number of rotatable bonds is 8. The van der Waals surface area contributed by atoms with Crippen molar-refractivity contribution in [3.05, 3.63) is 58.1 Å². The van der Waals surface area contributed by atoms with E-state index in [-0.39, 0.29) is 29.6 Å². The topological polar surface area (TPSA) is 88.8 Å². The lowest BCUT2D eigenvalue weighted by molar-refractivity contribution is -0.384. The standard InChI is InChI=1S/C20H22N4O4S.ClH/c1-22(2)10-5-11-23(19(25)14-6-4-7-15(12-14)24(26)27)20-21-17-9-8-16(28-3)13-18(17)29-20;/h4,6-9,12-13H,5,10-11H2,1-3H3;1H. The maximum Gasteiger partial charge on any atom is 0.270 e. The van der Waals surface area contributed by atoms with Crippen LogP contribution in [-0.2, 0) is 0 Å². The Morgan fingerprint density at radius 2 is 1.97 bits per heavy atom. The Kier molecular flexibility index (Phi) is 8.10. The fourth-order valence-electron chi connectivity index (χ4n) is 2.87. The smallest absolute Gasteiger partial charge is 0.270 e. The predicted molar refractivity (Wildman–Crippen MR) is 121 cm³/mol. The monoisotopic (exact) mass is 450 g/mol. The van der Waals surface area contributed by atoms with Crippen molar-refractivity contribution in [2.45, 2.75) is 6.42 Å². The van der Waals surface area contributed by atoms with Crippen LogP contribution >= 0.6 is 23.7 Å². The van der Waals surface area contributed by atoms with Crippen molar-refractivity contribution in [2.75, 3.05) is 39.2 Å². The largest absolute Gasteiger partial charge is 0.497 e. The van der Waals surface area contributed by atoms with E-state index in [1.807, 2.05) is 37.2 Å². The van der Waals surface area contributed by atoms with Gasteiger partial charge in [0.15, 0.2) is 5.13 Å². The van der Waals surface area contributed by atoms with Gasteiger partial charge in [0.2, 0.25) is 0 Å². The Balaban J connectivity index is 0.00000320. The van der Waals surface area contributed by atoms with Gasteiger partial charge in [-0.25, -0.2) is 4.98 Å². The molecule has 0 bridgehead atoms. The van der Waals surface area contributed by atoms with E-state index < -0.39 is 4.92 Å². The summed E-state index contributed by atoms with van der Waals surface area (Å²) in [5.74, 6) is 0.412. The number of nitrogens with zero attached hydrogens (tertiary/aromatic N) is 4. The van der Waals surface area contributed by atoms with Crippen molar-refractivity contribution in [1.29, 1.82) is 0 Å². The number of carbonyl (C=O) groups excluding carboxylic acids is 1. The van der Waals surface area contributed by atoms with Gasteiger partial charge in [0.05, 0.1) is 22.2 Å². The fraction of sp³-hybridized carbons (Fsp3) is 0.300. The molecule has 30 heavy (non-hydrogen) atoms. The minimum atomic E-state index is -0.503. The highest BCUT2D eigenvalue weighted by atomic mass is 35.5. The fourth-order valence-corrected chi connectivity index (χ4v) is 3.89. The average molecular weight is 451 g/mol. The summed E-state index contributed by atoms with van der Waals surface area (Å²) in [7, 11) is 5.54. The molecule has 3 rings (SSSR count). The van der Waals surface area contributed by atoms with E-state index in [1.165, 1.54) is 29.5 Å². The zero-order chi connectivity index (χ0) is 21.0. The highest BCUT2D eigenvalue weighted by molar-refractivity contribution is 7.22. The molecule has 0 spiro atoms. The molecule has 10 heteroatoms. The third-order valence-electron chi connectivity index (χ3n) is 4.35. The molecule has 0 fully saturated rings. The number of aromatic nitrogens is 1. The Bertz CT molecular complexity index is 1040. The van der Waals surface area contributed by atoms with Crippen molar-refractivity contribution < 1.29 is 14.5 Å². The van der Waals surface area contributed by atoms with E-state index in [0.29, 0.717) is 11.7 Å². The lowest BCUT2D eigenvalue weighted by Crippen LogP contribution is -2.33. The number of nitro benzene ring substituents is 1. The number of hydrogen-bond acceptors (Lipinski definition) is 7. The van der Waals surface area contributed by atoms with Crippen LogP contribution in [-0.4, -0.2) is 55.0 Å². The predicted octanol–water partition coefficient (Wildman–Crippen LogP) is 4.23. The van der Waals surface area contributed by atoms with Crippen LogP contribution in [0.25, 0.3) is 10.2 Å². The lowest BCUT2D eigenvalue weighted by atomic mass is 10.1. The number of ether oxygens (including phenoxy) is 1. The number of non-ortho nitro benzene ring substituents is 1. The van der Waals surface area contributed by atoms with Crippen LogP contribution in [0.1, 0.15) is 16.8 Å². The summed E-state index contributed by atoms with van der Waals surface area (Å²) in [6.45, 7) is 1.26. The van der Waals surface area contributed by atoms with Gasteiger partial charge in [-0.05, 0) is 51.3 Å². The first kappa shape index (κ1) is 23.5. The Morgan fingerprint density at radius 1 is 1.20 bits per heavy atom. The number of benzene rings is 2. The third kappa shape index (κ3) is 5.44. The molecule has 0 aliphatic rings. The highest BCUT2D eigenvalue weighted by Gasteiger charge is 2.23. The van der Waals surface area contributed by atoms with Crippen LogP contribution < -0.4 is 9.64 Å². The molecule has 0 saturated heterocycles. The van der Waals surface area contributed by atoms with E-state index in [1.54, 1.807) is 18.1 Å². The molecule has 0 radical (unpaired) electrons. The van der Waals surface area contributed by atoms with Gasteiger partial charge in [-0.1, -0.05) is 17.4 Å². The van der Waals surface area contributed by atoms with E-state index in [9.17, 15) is 14.9 Å². The summed E-state index contributed by atoms with van der Waals surface area (Å²) in [6, 6.07) is 11.3. The van der Waals surface area contributed by atoms with Crippen molar-refractivity contribution in [3.63, 3.8) is 0 Å². The van der Waals surface area contributed by atoms with Crippen molar-refractivity contribution in [1.82, 2.24) is 9.88 Å². The summed E-state index contributed by atoms with van der Waals surface area (Å²) < 4.78 is 6.17. The second kappa shape index (κ2) is 10.3. The summed E-state index contributed by atoms with van der Waals surface area (Å²) >= 11 is 1.39. The van der Waals surface area contributed by atoms with Crippen LogP contribution in [0.3, 0.4) is 0 Å². The minimum absolute atomic E-state index is 0. The Morgan fingerprint density at radius 3 is 2.63 bits per heavy atom. The quantitative estimate of drug-likeness (QED) is 0.377. The Labute approximate surface area is 184 Å². The maximum absolute atomic E-state index is 13.2. The molecule has 0 unspecified atom stereocenters. The minimum Gasteiger partial charge on any atom is -0.497 e. The van der Waals surface area contributed by atoms with Gasteiger partial charge in [-0.2, -0.15) is 0 Å². The van der Waals surface area contributed by atoms with Crippen LogP contribution in [0.15, 0.2) is 42.5 Å². The van der Waals surface area contributed by atoms with Gasteiger partial charge in [0.25, 0.3) is 11.6 Å². The molecule has 2 aromatic carbocycles. The molecule has 0 aliphatic carbocycles. The van der Waals surface area contributed by atoms with Gasteiger partial charge in [-0.3, -0.25) is 19.8 Å². The molecule has 1 heterocycles. The molecular weight excluding hydrogens is 428 g/mol. The highest BCUT2D eigenvalue weighted by Crippen LogP contribution is 2.32. The van der Waals surface area contributed by atoms with E-state index in [2.05, 4.69) is 4.98 Å². The second-order valence-corrected chi connectivity index (χ2v) is 7.76. The number of fused-ring (bicyclic) bond motifs is 1. The van der Waals surface area contributed by atoms with Crippen LogP contribution in [0, 0.1) is 10.1 Å². The normalized spacial score (nSPS) is 10.7. The summed E-state index contributed by atoms with van der Waals surface area (Å²) in [5, 5.41) is 11.7. The number of amides is 1. The molecule has 8 nitrogen and oxygen atoms in total. The molecule has 0 atom stereocenters. The van der Waals surface area contributed by atoms with Gasteiger partial charge in [-0.15, -0.1) is 12.4 Å². The van der Waals surface area contributed by atoms with Crippen LogP contribution in [0.2, 0.25) is 0 Å². The van der Waals surface area contributed by atoms with Gasteiger partial charge < -0.3 is 9.64 Å². The number of carbonyl (C=O) groups is 1. The average Bonchev–Trinajstić information content (AvgIpc) is 3.13. The number of hydrogen-bond donors (Lipinski definition) is 0. The SMILES string of the molecule is COc1ccc2nc(N(CCCN(C)C)C(=O)c3cccc([N+](=O)[O-])c3)sc2c1.Cl. The van der Waals surface area contributed by atoms with E-state index >= 15 is 0 Å². The molecule has 0 N–H and O–H groups in total. The molecule has 0 saturated carbocycles. The summed E-state index contributed by atoms with van der Waals surface area (Å²) in [5.41, 5.74) is 0.925. The number of thiazole rings is 1. The lowest BCUT2D eigenvalue weighted by Gasteiger charge is -2.21. The summed E-state index contributed by atoms with van der Waals surface area (Å²) in [6.07, 6.45) is 0.743. The van der Waals surface area contributed by atoms with Gasteiger partial charge in [0, 0.05) is 24.2 Å². The second-order valence-electron chi connectivity index (χ2n) is 6.75. The van der Waals surface area contributed by atoms with Crippen LogP contribution in [0.5, 0.6) is 5.75 Å². The molecule has 1 aromatic heterocycles. The first-order chi connectivity index (χ1) is 13.9. The zero-order valence-electron chi connectivity index (χ0n) is 16.9. The summed E-state index contributed by atoms with van der Waals surface area (Å²) in [4.78, 5) is 32.1. The maximum atomic E-state index is 13.2.